The van der Waals surface area contributed by atoms with Gasteiger partial charge >= 0.3 is 0 Å². The summed E-state index contributed by atoms with van der Waals surface area (Å²) in [7, 11) is 0. The van der Waals surface area contributed by atoms with E-state index in [1.165, 1.54) is 23.1 Å². The topological polar surface area (TPSA) is 60.1 Å². The van der Waals surface area contributed by atoms with Gasteiger partial charge < -0.3 is 4.90 Å². The number of carbonyl (C=O) groups excluding carboxylic acids is 1. The standard InChI is InChI=1S/C25H24N4O2S3/c1-16-9-3-5-11-18(16)28-22-21(34-25(28)32)23(31)29(19-12-6-4-10-17(19)2)24(26-22)33-15-20(30)27-13-7-8-14-27/h3-6,9-12H,7-8,13-15H2,1-2H3. The minimum Gasteiger partial charge on any atom is -0.342 e. The third-order valence-corrected chi connectivity index (χ3v) is 8.35. The van der Waals surface area contributed by atoms with Gasteiger partial charge in [-0.3, -0.25) is 18.7 Å². The highest BCUT2D eigenvalue weighted by Gasteiger charge is 2.23. The summed E-state index contributed by atoms with van der Waals surface area (Å²) in [6, 6.07) is 15.6. The second kappa shape index (κ2) is 9.48. The molecule has 0 N–H and O–H groups in total. The molecule has 0 aliphatic carbocycles. The van der Waals surface area contributed by atoms with Gasteiger partial charge in [0.1, 0.15) is 4.70 Å². The summed E-state index contributed by atoms with van der Waals surface area (Å²) in [4.78, 5) is 33.5. The smallest absolute Gasteiger partial charge is 0.278 e. The fourth-order valence-corrected chi connectivity index (χ4v) is 6.46. The maximum atomic E-state index is 13.8. The van der Waals surface area contributed by atoms with Crippen molar-refractivity contribution in [3.8, 4) is 11.4 Å². The van der Waals surface area contributed by atoms with E-state index in [1.54, 1.807) is 4.57 Å². The molecule has 0 unspecified atom stereocenters. The van der Waals surface area contributed by atoms with Gasteiger partial charge in [0.05, 0.1) is 17.1 Å². The number of rotatable bonds is 5. The number of amides is 1. The van der Waals surface area contributed by atoms with E-state index in [4.69, 9.17) is 17.2 Å². The van der Waals surface area contributed by atoms with E-state index < -0.39 is 0 Å². The second-order valence-electron chi connectivity index (χ2n) is 8.34. The Labute approximate surface area is 210 Å². The zero-order valence-electron chi connectivity index (χ0n) is 19.0. The first kappa shape index (κ1) is 23.0. The lowest BCUT2D eigenvalue weighted by Crippen LogP contribution is -2.30. The van der Waals surface area contributed by atoms with Gasteiger partial charge in [-0.05, 0) is 62.2 Å². The van der Waals surface area contributed by atoms with Crippen LogP contribution in [0.15, 0.2) is 58.5 Å². The van der Waals surface area contributed by atoms with Crippen molar-refractivity contribution in [3.63, 3.8) is 0 Å². The van der Waals surface area contributed by atoms with Gasteiger partial charge in [0.2, 0.25) is 5.91 Å². The summed E-state index contributed by atoms with van der Waals surface area (Å²) in [6.45, 7) is 5.58. The van der Waals surface area contributed by atoms with E-state index in [0.29, 0.717) is 19.5 Å². The number of hydrogen-bond donors (Lipinski definition) is 0. The van der Waals surface area contributed by atoms with Gasteiger partial charge in [-0.2, -0.15) is 0 Å². The van der Waals surface area contributed by atoms with E-state index in [1.807, 2.05) is 71.8 Å². The maximum Gasteiger partial charge on any atom is 0.278 e. The molecule has 2 aromatic heterocycles. The molecule has 0 saturated carbocycles. The van der Waals surface area contributed by atoms with Crippen molar-refractivity contribution in [1.82, 2.24) is 19.0 Å². The number of para-hydroxylation sites is 2. The highest BCUT2D eigenvalue weighted by atomic mass is 32.2. The molecule has 1 aliphatic rings. The van der Waals surface area contributed by atoms with Crippen LogP contribution in [0.3, 0.4) is 0 Å². The molecule has 0 radical (unpaired) electrons. The molecule has 1 aliphatic heterocycles. The maximum absolute atomic E-state index is 13.8. The number of aromatic nitrogens is 3. The third kappa shape index (κ3) is 4.12. The van der Waals surface area contributed by atoms with Gasteiger partial charge in [-0.15, -0.1) is 0 Å². The summed E-state index contributed by atoms with van der Waals surface area (Å²) in [6.07, 6.45) is 2.09. The molecule has 3 heterocycles. The predicted octanol–water partition coefficient (Wildman–Crippen LogP) is 5.30. The molecule has 0 spiro atoms. The van der Waals surface area contributed by atoms with Crippen LogP contribution in [-0.2, 0) is 4.79 Å². The first-order chi connectivity index (χ1) is 16.5. The molecule has 1 fully saturated rings. The van der Waals surface area contributed by atoms with Crippen LogP contribution in [0.1, 0.15) is 24.0 Å². The van der Waals surface area contributed by atoms with Crippen molar-refractivity contribution in [2.24, 2.45) is 0 Å². The van der Waals surface area contributed by atoms with Crippen LogP contribution in [0.5, 0.6) is 0 Å². The SMILES string of the molecule is Cc1ccccc1-n1c(SCC(=O)N2CCCC2)nc2c(sc(=S)n2-c2ccccc2C)c1=O. The van der Waals surface area contributed by atoms with Gasteiger partial charge in [-0.1, -0.05) is 59.5 Å². The van der Waals surface area contributed by atoms with Crippen molar-refractivity contribution in [2.75, 3.05) is 18.8 Å². The first-order valence-corrected chi connectivity index (χ1v) is 13.4. The van der Waals surface area contributed by atoms with Crippen LogP contribution in [-0.4, -0.2) is 43.8 Å². The zero-order valence-corrected chi connectivity index (χ0v) is 21.4. The summed E-state index contributed by atoms with van der Waals surface area (Å²) in [5, 5.41) is 0.495. The minimum absolute atomic E-state index is 0.0780. The van der Waals surface area contributed by atoms with Gasteiger partial charge in [0.15, 0.2) is 14.8 Å². The Bertz CT molecular complexity index is 1510. The van der Waals surface area contributed by atoms with E-state index >= 15 is 0 Å². The molecule has 0 atom stereocenters. The summed E-state index contributed by atoms with van der Waals surface area (Å²) in [5.74, 6) is 0.313. The lowest BCUT2D eigenvalue weighted by Gasteiger charge is -2.17. The van der Waals surface area contributed by atoms with Crippen molar-refractivity contribution < 1.29 is 4.79 Å². The molecular formula is C25H24N4O2S3. The Hall–Kier alpha value is -2.75. The number of fused-ring (bicyclic) bond motifs is 1. The van der Waals surface area contributed by atoms with Crippen LogP contribution < -0.4 is 5.56 Å². The zero-order chi connectivity index (χ0) is 23.8. The molecule has 6 nitrogen and oxygen atoms in total. The lowest BCUT2D eigenvalue weighted by molar-refractivity contribution is -0.127. The highest BCUT2D eigenvalue weighted by Crippen LogP contribution is 2.29. The Morgan fingerprint density at radius 3 is 2.21 bits per heavy atom. The molecule has 1 saturated heterocycles. The Morgan fingerprint density at radius 2 is 1.59 bits per heavy atom. The molecule has 174 valence electrons. The van der Waals surface area contributed by atoms with Crippen molar-refractivity contribution in [3.05, 3.63) is 74.0 Å². The molecule has 2 aromatic carbocycles. The Kier molecular flexibility index (Phi) is 6.42. The number of aryl methyl sites for hydroxylation is 2. The van der Waals surface area contributed by atoms with Crippen LogP contribution in [0.25, 0.3) is 21.7 Å². The first-order valence-electron chi connectivity index (χ1n) is 11.2. The predicted molar refractivity (Wildman–Crippen MR) is 141 cm³/mol. The summed E-state index contributed by atoms with van der Waals surface area (Å²) in [5.41, 5.74) is 4.04. The Morgan fingerprint density at radius 1 is 1.00 bits per heavy atom. The Balaban J connectivity index is 1.70. The van der Waals surface area contributed by atoms with Crippen molar-refractivity contribution in [2.45, 2.75) is 31.8 Å². The van der Waals surface area contributed by atoms with Crippen molar-refractivity contribution in [1.29, 1.82) is 0 Å². The molecule has 0 bridgehead atoms. The van der Waals surface area contributed by atoms with E-state index in [0.717, 1.165) is 48.4 Å². The average Bonchev–Trinajstić information content (AvgIpc) is 3.47. The largest absolute Gasteiger partial charge is 0.342 e. The van der Waals surface area contributed by atoms with Crippen LogP contribution in [0, 0.1) is 17.8 Å². The van der Waals surface area contributed by atoms with E-state index in [9.17, 15) is 9.59 Å². The normalized spacial score (nSPS) is 13.6. The lowest BCUT2D eigenvalue weighted by atomic mass is 10.2. The minimum atomic E-state index is -0.168. The molecular weight excluding hydrogens is 485 g/mol. The third-order valence-electron chi connectivity index (χ3n) is 6.07. The van der Waals surface area contributed by atoms with Crippen LogP contribution >= 0.6 is 35.3 Å². The van der Waals surface area contributed by atoms with Crippen LogP contribution in [0.2, 0.25) is 0 Å². The molecule has 1 amide bonds. The van der Waals surface area contributed by atoms with Gasteiger partial charge in [-0.25, -0.2) is 4.98 Å². The quantitative estimate of drug-likeness (QED) is 0.208. The number of likely N-dealkylation sites (tertiary alicyclic amines) is 1. The number of carbonyl (C=O) groups is 1. The van der Waals surface area contributed by atoms with Gasteiger partial charge in [0.25, 0.3) is 5.56 Å². The second-order valence-corrected chi connectivity index (χ2v) is 10.9. The van der Waals surface area contributed by atoms with E-state index in [-0.39, 0.29) is 17.2 Å². The molecule has 9 heteroatoms. The summed E-state index contributed by atoms with van der Waals surface area (Å²) < 4.78 is 4.58. The van der Waals surface area contributed by atoms with Gasteiger partial charge in [0, 0.05) is 13.1 Å². The highest BCUT2D eigenvalue weighted by molar-refractivity contribution is 7.99. The fourth-order valence-electron chi connectivity index (χ4n) is 4.27. The number of thioether (sulfide) groups is 1. The van der Waals surface area contributed by atoms with Crippen molar-refractivity contribution >= 4 is 51.6 Å². The average molecular weight is 509 g/mol. The number of thiazole rings is 1. The molecule has 34 heavy (non-hydrogen) atoms. The number of nitrogens with zero attached hydrogens (tertiary/aromatic N) is 4. The monoisotopic (exact) mass is 508 g/mol. The molecule has 4 aromatic rings. The fraction of sp³-hybridized carbons (Fsp3) is 0.280. The molecule has 5 rings (SSSR count). The number of hydrogen-bond acceptors (Lipinski definition) is 6. The number of benzene rings is 2. The summed E-state index contributed by atoms with van der Waals surface area (Å²) >= 11 is 8.27. The van der Waals surface area contributed by atoms with Crippen LogP contribution in [0.4, 0.5) is 0 Å². The van der Waals surface area contributed by atoms with E-state index in [2.05, 4.69) is 0 Å².